The van der Waals surface area contributed by atoms with Crippen LogP contribution in [-0.2, 0) is 9.59 Å². The highest BCUT2D eigenvalue weighted by atomic mass is 32.2. The zero-order valence-corrected chi connectivity index (χ0v) is 18.2. The first-order chi connectivity index (χ1) is 13.9. The van der Waals surface area contributed by atoms with Crippen molar-refractivity contribution in [3.63, 3.8) is 0 Å². The van der Waals surface area contributed by atoms with Gasteiger partial charge >= 0.3 is 0 Å². The standard InChI is InChI=1S/C22H22N2O3S2/c1-14-10-15(2)12-17(11-14)23-20(25)8-9-24-21(26)19(29-22(24)28)13-16-4-6-18(27-3)7-5-16/h4-7,10-13H,8-9H2,1-3H3,(H,23,25). The Kier molecular flexibility index (Phi) is 6.71. The number of aryl methyl sites for hydroxylation is 2. The van der Waals surface area contributed by atoms with Crippen molar-refractivity contribution in [2.24, 2.45) is 0 Å². The molecule has 5 nitrogen and oxygen atoms in total. The molecular weight excluding hydrogens is 404 g/mol. The fourth-order valence-electron chi connectivity index (χ4n) is 3.03. The van der Waals surface area contributed by atoms with Crippen LogP contribution in [0.4, 0.5) is 5.69 Å². The Hall–Kier alpha value is -2.64. The molecule has 7 heteroatoms. The van der Waals surface area contributed by atoms with Gasteiger partial charge in [-0.1, -0.05) is 42.2 Å². The number of methoxy groups -OCH3 is 1. The molecule has 2 aromatic rings. The number of rotatable bonds is 6. The van der Waals surface area contributed by atoms with Gasteiger partial charge < -0.3 is 10.1 Å². The van der Waals surface area contributed by atoms with E-state index in [9.17, 15) is 9.59 Å². The number of ether oxygens (including phenoxy) is 1. The van der Waals surface area contributed by atoms with Gasteiger partial charge in [0.25, 0.3) is 5.91 Å². The summed E-state index contributed by atoms with van der Waals surface area (Å²) >= 11 is 6.59. The second-order valence-electron chi connectivity index (χ2n) is 6.78. The summed E-state index contributed by atoms with van der Waals surface area (Å²) < 4.78 is 5.61. The van der Waals surface area contributed by atoms with E-state index in [0.717, 1.165) is 28.1 Å². The maximum absolute atomic E-state index is 12.7. The summed E-state index contributed by atoms with van der Waals surface area (Å²) in [5, 5.41) is 2.89. The monoisotopic (exact) mass is 426 g/mol. The first-order valence-corrected chi connectivity index (χ1v) is 10.4. The highest BCUT2D eigenvalue weighted by Gasteiger charge is 2.32. The van der Waals surface area contributed by atoms with Crippen LogP contribution in [0.1, 0.15) is 23.1 Å². The van der Waals surface area contributed by atoms with Crippen molar-refractivity contribution in [1.29, 1.82) is 0 Å². The lowest BCUT2D eigenvalue weighted by Gasteiger charge is -2.14. The van der Waals surface area contributed by atoms with Gasteiger partial charge in [0.1, 0.15) is 10.1 Å². The topological polar surface area (TPSA) is 58.6 Å². The number of carbonyl (C=O) groups excluding carboxylic acids is 2. The molecule has 0 bridgehead atoms. The number of nitrogens with one attached hydrogen (secondary N) is 1. The summed E-state index contributed by atoms with van der Waals surface area (Å²) in [6.07, 6.45) is 1.98. The molecule has 1 aliphatic heterocycles. The van der Waals surface area contributed by atoms with E-state index >= 15 is 0 Å². The van der Waals surface area contributed by atoms with Crippen LogP contribution < -0.4 is 10.1 Å². The molecule has 0 spiro atoms. The van der Waals surface area contributed by atoms with Gasteiger partial charge in [0.15, 0.2) is 0 Å². The van der Waals surface area contributed by atoms with E-state index in [1.165, 1.54) is 16.7 Å². The summed E-state index contributed by atoms with van der Waals surface area (Å²) in [6, 6.07) is 13.3. The van der Waals surface area contributed by atoms with Crippen LogP contribution in [0, 0.1) is 13.8 Å². The SMILES string of the molecule is COc1ccc(C=C2SC(=S)N(CCC(=O)Nc3cc(C)cc(C)c3)C2=O)cc1. The van der Waals surface area contributed by atoms with Crippen molar-refractivity contribution in [3.05, 3.63) is 64.1 Å². The average molecular weight is 427 g/mol. The second kappa shape index (κ2) is 9.24. The highest BCUT2D eigenvalue weighted by molar-refractivity contribution is 8.26. The molecule has 0 unspecified atom stereocenters. The molecule has 0 atom stereocenters. The van der Waals surface area contributed by atoms with E-state index < -0.39 is 0 Å². The molecule has 1 fully saturated rings. The number of thiocarbonyl (C=S) groups is 1. The third-order valence-electron chi connectivity index (χ3n) is 4.36. The van der Waals surface area contributed by atoms with Crippen molar-refractivity contribution in [1.82, 2.24) is 4.90 Å². The number of amides is 2. The average Bonchev–Trinajstić information content (AvgIpc) is 2.93. The molecule has 150 valence electrons. The lowest BCUT2D eigenvalue weighted by atomic mass is 10.1. The molecule has 1 aliphatic rings. The molecule has 0 radical (unpaired) electrons. The van der Waals surface area contributed by atoms with Gasteiger partial charge in [0.05, 0.1) is 12.0 Å². The quantitative estimate of drug-likeness (QED) is 0.543. The zero-order chi connectivity index (χ0) is 21.0. The molecule has 0 saturated carbocycles. The number of anilines is 1. The van der Waals surface area contributed by atoms with Crippen molar-refractivity contribution in [2.75, 3.05) is 19.0 Å². The summed E-state index contributed by atoms with van der Waals surface area (Å²) in [5.41, 5.74) is 3.82. The lowest BCUT2D eigenvalue weighted by Crippen LogP contribution is -2.31. The number of hydrogen-bond acceptors (Lipinski definition) is 5. The largest absolute Gasteiger partial charge is 0.497 e. The minimum Gasteiger partial charge on any atom is -0.497 e. The van der Waals surface area contributed by atoms with Crippen molar-refractivity contribution in [2.45, 2.75) is 20.3 Å². The van der Waals surface area contributed by atoms with Gasteiger partial charge in [0.2, 0.25) is 5.91 Å². The maximum Gasteiger partial charge on any atom is 0.266 e. The van der Waals surface area contributed by atoms with E-state index in [2.05, 4.69) is 5.32 Å². The van der Waals surface area contributed by atoms with Crippen molar-refractivity contribution >= 4 is 51.9 Å². The van der Waals surface area contributed by atoms with E-state index in [0.29, 0.717) is 9.23 Å². The third-order valence-corrected chi connectivity index (χ3v) is 5.73. The molecular formula is C22H22N2O3S2. The molecule has 1 N–H and O–H groups in total. The zero-order valence-electron chi connectivity index (χ0n) is 16.5. The number of benzene rings is 2. The Morgan fingerprint density at radius 1 is 1.17 bits per heavy atom. The highest BCUT2D eigenvalue weighted by Crippen LogP contribution is 2.32. The Morgan fingerprint density at radius 3 is 2.45 bits per heavy atom. The maximum atomic E-state index is 12.7. The van der Waals surface area contributed by atoms with Crippen LogP contribution >= 0.6 is 24.0 Å². The molecule has 3 rings (SSSR count). The lowest BCUT2D eigenvalue weighted by molar-refractivity contribution is -0.122. The van der Waals surface area contributed by atoms with Crippen molar-refractivity contribution < 1.29 is 14.3 Å². The number of nitrogens with zero attached hydrogens (tertiary/aromatic N) is 1. The van der Waals surface area contributed by atoms with Crippen molar-refractivity contribution in [3.8, 4) is 5.75 Å². The van der Waals surface area contributed by atoms with E-state index in [4.69, 9.17) is 17.0 Å². The van der Waals surface area contributed by atoms with Gasteiger partial charge in [-0.05, 0) is 60.9 Å². The Bertz CT molecular complexity index is 964. The van der Waals surface area contributed by atoms with Gasteiger partial charge in [-0.2, -0.15) is 0 Å². The number of hydrogen-bond donors (Lipinski definition) is 1. The molecule has 1 saturated heterocycles. The molecule has 0 aliphatic carbocycles. The van der Waals surface area contributed by atoms with E-state index in [1.807, 2.05) is 56.3 Å². The molecule has 29 heavy (non-hydrogen) atoms. The van der Waals surface area contributed by atoms with E-state index in [1.54, 1.807) is 13.2 Å². The van der Waals surface area contributed by atoms with Crippen LogP contribution in [0.3, 0.4) is 0 Å². The first kappa shape index (κ1) is 21.1. The number of thioether (sulfide) groups is 1. The van der Waals surface area contributed by atoms with Crippen LogP contribution in [0.15, 0.2) is 47.4 Å². The Balaban J connectivity index is 1.60. The van der Waals surface area contributed by atoms with Gasteiger partial charge in [-0.15, -0.1) is 0 Å². The predicted octanol–water partition coefficient (Wildman–Crippen LogP) is 4.54. The fourth-order valence-corrected chi connectivity index (χ4v) is 4.34. The smallest absolute Gasteiger partial charge is 0.266 e. The minimum atomic E-state index is -0.171. The van der Waals surface area contributed by atoms with Gasteiger partial charge in [-0.3, -0.25) is 14.5 Å². The Morgan fingerprint density at radius 2 is 1.83 bits per heavy atom. The van der Waals surface area contributed by atoms with Crippen LogP contribution in [0.5, 0.6) is 5.75 Å². The van der Waals surface area contributed by atoms with Crippen LogP contribution in [0.2, 0.25) is 0 Å². The molecule has 2 amide bonds. The van der Waals surface area contributed by atoms with E-state index in [-0.39, 0.29) is 24.8 Å². The minimum absolute atomic E-state index is 0.150. The number of carbonyl (C=O) groups is 2. The molecule has 0 aromatic heterocycles. The second-order valence-corrected chi connectivity index (χ2v) is 8.46. The summed E-state index contributed by atoms with van der Waals surface area (Å²) in [5.74, 6) is 0.433. The third kappa shape index (κ3) is 5.46. The fraction of sp³-hybridized carbons (Fsp3) is 0.227. The molecule has 1 heterocycles. The molecule has 2 aromatic carbocycles. The van der Waals surface area contributed by atoms with Gasteiger partial charge in [0, 0.05) is 18.7 Å². The summed E-state index contributed by atoms with van der Waals surface area (Å²) in [6.45, 7) is 4.22. The normalized spacial score (nSPS) is 15.1. The predicted molar refractivity (Wildman–Crippen MR) is 122 cm³/mol. The van der Waals surface area contributed by atoms with Crippen LogP contribution in [0.25, 0.3) is 6.08 Å². The van der Waals surface area contributed by atoms with Crippen LogP contribution in [-0.4, -0.2) is 34.7 Å². The summed E-state index contributed by atoms with van der Waals surface area (Å²) in [7, 11) is 1.61. The van der Waals surface area contributed by atoms with Gasteiger partial charge in [-0.25, -0.2) is 0 Å². The first-order valence-electron chi connectivity index (χ1n) is 9.13. The summed E-state index contributed by atoms with van der Waals surface area (Å²) in [4.78, 5) is 27.0. The Labute approximate surface area is 180 Å².